The van der Waals surface area contributed by atoms with E-state index in [0.29, 0.717) is 16.5 Å². The fourth-order valence-corrected chi connectivity index (χ4v) is 2.39. The number of carboxylic acid groups (broad SMARTS) is 1. The molecule has 0 saturated carbocycles. The minimum Gasteiger partial charge on any atom is -0.476 e. The van der Waals surface area contributed by atoms with Crippen LogP contribution in [0.2, 0.25) is 0 Å². The van der Waals surface area contributed by atoms with Gasteiger partial charge in [0.2, 0.25) is 5.91 Å². The lowest BCUT2D eigenvalue weighted by atomic mass is 10.1. The zero-order chi connectivity index (χ0) is 15.0. The number of nitrogens with one attached hydrogen (secondary N) is 1. The summed E-state index contributed by atoms with van der Waals surface area (Å²) in [5, 5.41) is 12.5. The van der Waals surface area contributed by atoms with Gasteiger partial charge in [-0.2, -0.15) is 0 Å². The van der Waals surface area contributed by atoms with Crippen molar-refractivity contribution in [1.82, 2.24) is 10.3 Å². The Morgan fingerprint density at radius 1 is 1.24 bits per heavy atom. The maximum atomic E-state index is 11.9. The summed E-state index contributed by atoms with van der Waals surface area (Å²) in [6.45, 7) is 0.258. The van der Waals surface area contributed by atoms with Crippen LogP contribution in [0.15, 0.2) is 30.5 Å². The number of rotatable bonds is 2. The van der Waals surface area contributed by atoms with Crippen molar-refractivity contribution in [3.8, 4) is 0 Å². The number of fused-ring (bicyclic) bond motifs is 1. The average molecular weight is 285 g/mol. The molecule has 0 unspecified atom stereocenters. The summed E-state index contributed by atoms with van der Waals surface area (Å²) < 4.78 is 0. The van der Waals surface area contributed by atoms with Crippen LogP contribution in [0.3, 0.4) is 0 Å². The van der Waals surface area contributed by atoms with Crippen molar-refractivity contribution in [2.45, 2.75) is 6.42 Å². The Labute approximate surface area is 119 Å². The van der Waals surface area contributed by atoms with Crippen LogP contribution in [-0.4, -0.2) is 34.5 Å². The quantitative estimate of drug-likeness (QED) is 0.868. The third-order valence-electron chi connectivity index (χ3n) is 3.33. The molecule has 1 aliphatic heterocycles. The van der Waals surface area contributed by atoms with E-state index >= 15 is 0 Å². The zero-order valence-electron chi connectivity index (χ0n) is 10.9. The third-order valence-corrected chi connectivity index (χ3v) is 3.33. The molecule has 2 N–H and O–H groups in total. The Balaban J connectivity index is 2.16. The van der Waals surface area contributed by atoms with Crippen LogP contribution >= 0.6 is 0 Å². The predicted molar refractivity (Wildman–Crippen MR) is 74.2 cm³/mol. The highest BCUT2D eigenvalue weighted by atomic mass is 16.4. The fourth-order valence-electron chi connectivity index (χ4n) is 2.39. The molecule has 21 heavy (non-hydrogen) atoms. The number of carbonyl (C=O) groups excluding carboxylic acids is 2. The lowest BCUT2D eigenvalue weighted by Gasteiger charge is -2.27. The highest BCUT2D eigenvalue weighted by Crippen LogP contribution is 2.29. The molecule has 2 heterocycles. The van der Waals surface area contributed by atoms with Crippen LogP contribution < -0.4 is 10.2 Å². The first kappa shape index (κ1) is 13.0. The summed E-state index contributed by atoms with van der Waals surface area (Å²) in [6.07, 6.45) is 1.60. The molecule has 1 aliphatic rings. The number of aromatic nitrogens is 1. The van der Waals surface area contributed by atoms with Gasteiger partial charge in [0.15, 0.2) is 5.69 Å². The van der Waals surface area contributed by atoms with Crippen LogP contribution in [0.5, 0.6) is 0 Å². The minimum absolute atomic E-state index is 0.0668. The molecule has 3 amide bonds. The third kappa shape index (κ3) is 2.18. The average Bonchev–Trinajstić information content (AvgIpc) is 2.46. The van der Waals surface area contributed by atoms with Crippen LogP contribution in [0.4, 0.5) is 10.5 Å². The highest BCUT2D eigenvalue weighted by Gasteiger charge is 2.26. The molecule has 0 spiro atoms. The molecule has 106 valence electrons. The summed E-state index contributed by atoms with van der Waals surface area (Å²) >= 11 is 0. The summed E-state index contributed by atoms with van der Waals surface area (Å²) in [5.41, 5.74) is 0.491. The van der Waals surface area contributed by atoms with Gasteiger partial charge in [-0.25, -0.2) is 14.6 Å². The Morgan fingerprint density at radius 2 is 2.05 bits per heavy atom. The van der Waals surface area contributed by atoms with Gasteiger partial charge in [0.05, 0.1) is 5.69 Å². The number of carbonyl (C=O) groups is 3. The molecule has 1 fully saturated rings. The number of benzene rings is 1. The van der Waals surface area contributed by atoms with Crippen molar-refractivity contribution < 1.29 is 19.5 Å². The molecule has 1 aromatic heterocycles. The van der Waals surface area contributed by atoms with Crippen LogP contribution in [0.1, 0.15) is 16.9 Å². The molecule has 1 saturated heterocycles. The number of pyridine rings is 1. The minimum atomic E-state index is -1.13. The van der Waals surface area contributed by atoms with Crippen molar-refractivity contribution in [3.63, 3.8) is 0 Å². The van der Waals surface area contributed by atoms with Crippen molar-refractivity contribution >= 4 is 34.4 Å². The van der Waals surface area contributed by atoms with Gasteiger partial charge in [-0.3, -0.25) is 15.0 Å². The summed E-state index contributed by atoms with van der Waals surface area (Å²) in [4.78, 5) is 39.6. The first-order chi connectivity index (χ1) is 10.1. The monoisotopic (exact) mass is 285 g/mol. The number of anilines is 1. The van der Waals surface area contributed by atoms with E-state index < -0.39 is 12.0 Å². The van der Waals surface area contributed by atoms with Crippen LogP contribution in [-0.2, 0) is 4.79 Å². The summed E-state index contributed by atoms with van der Waals surface area (Å²) in [7, 11) is 0. The Hall–Kier alpha value is -2.96. The maximum Gasteiger partial charge on any atom is 0.355 e. The second kappa shape index (κ2) is 4.86. The fraction of sp³-hybridized carbons (Fsp3) is 0.143. The topological polar surface area (TPSA) is 99.6 Å². The van der Waals surface area contributed by atoms with Gasteiger partial charge in [-0.15, -0.1) is 0 Å². The van der Waals surface area contributed by atoms with Crippen molar-refractivity contribution in [1.29, 1.82) is 0 Å². The van der Waals surface area contributed by atoms with Gasteiger partial charge in [0, 0.05) is 29.9 Å². The van der Waals surface area contributed by atoms with Gasteiger partial charge < -0.3 is 5.11 Å². The van der Waals surface area contributed by atoms with Crippen LogP contribution in [0.25, 0.3) is 10.8 Å². The number of hydrogen-bond donors (Lipinski definition) is 2. The standard InChI is InChI=1S/C14H11N3O4/c18-11-5-7-17(14(21)16-11)10-3-1-2-9-8(10)4-6-15-12(9)13(19)20/h1-4,6H,5,7H2,(H,19,20)(H,16,18,21). The number of carboxylic acids is 1. The Bertz CT molecular complexity index is 772. The van der Waals surface area contributed by atoms with E-state index in [2.05, 4.69) is 10.3 Å². The number of aromatic carboxylic acids is 1. The number of urea groups is 1. The Kier molecular flexibility index (Phi) is 3.02. The molecule has 2 aromatic rings. The lowest BCUT2D eigenvalue weighted by Crippen LogP contribution is -2.49. The molecule has 0 atom stereocenters. The zero-order valence-corrected chi connectivity index (χ0v) is 10.9. The molecule has 7 heteroatoms. The van der Waals surface area contributed by atoms with Crippen molar-refractivity contribution in [2.75, 3.05) is 11.4 Å². The molecule has 0 radical (unpaired) electrons. The van der Waals surface area contributed by atoms with E-state index in [0.717, 1.165) is 0 Å². The predicted octanol–water partition coefficient (Wildman–Crippen LogP) is 1.38. The van der Waals surface area contributed by atoms with Crippen LogP contribution in [0, 0.1) is 0 Å². The Morgan fingerprint density at radius 3 is 2.76 bits per heavy atom. The number of imide groups is 1. The number of hydrogen-bond acceptors (Lipinski definition) is 4. The largest absolute Gasteiger partial charge is 0.476 e. The SMILES string of the molecule is O=C1CCN(c2cccc3c(C(=O)O)nccc23)C(=O)N1. The van der Waals surface area contributed by atoms with Crippen molar-refractivity contribution in [3.05, 3.63) is 36.2 Å². The van der Waals surface area contributed by atoms with E-state index in [4.69, 9.17) is 0 Å². The molecule has 0 bridgehead atoms. The molecular formula is C14H11N3O4. The summed E-state index contributed by atoms with van der Waals surface area (Å²) in [6, 6.07) is 6.16. The second-order valence-electron chi connectivity index (χ2n) is 4.59. The van der Waals surface area contributed by atoms with E-state index in [9.17, 15) is 19.5 Å². The molecular weight excluding hydrogens is 274 g/mol. The molecule has 0 aliphatic carbocycles. The van der Waals surface area contributed by atoms with E-state index in [1.807, 2.05) is 0 Å². The number of nitrogens with zero attached hydrogens (tertiary/aromatic N) is 2. The lowest BCUT2D eigenvalue weighted by molar-refractivity contribution is -0.120. The smallest absolute Gasteiger partial charge is 0.355 e. The number of amides is 3. The van der Waals surface area contributed by atoms with Gasteiger partial charge >= 0.3 is 12.0 Å². The van der Waals surface area contributed by atoms with Gasteiger partial charge in [-0.05, 0) is 12.1 Å². The first-order valence-corrected chi connectivity index (χ1v) is 6.30. The maximum absolute atomic E-state index is 11.9. The normalized spacial score (nSPS) is 15.1. The molecule has 3 rings (SSSR count). The molecule has 1 aromatic carbocycles. The van der Waals surface area contributed by atoms with Gasteiger partial charge in [0.1, 0.15) is 0 Å². The van der Waals surface area contributed by atoms with E-state index in [1.54, 1.807) is 24.3 Å². The van der Waals surface area contributed by atoms with E-state index in [-0.39, 0.29) is 24.6 Å². The van der Waals surface area contributed by atoms with Crippen molar-refractivity contribution in [2.24, 2.45) is 0 Å². The van der Waals surface area contributed by atoms with E-state index in [1.165, 1.54) is 11.1 Å². The highest BCUT2D eigenvalue weighted by molar-refractivity contribution is 6.12. The second-order valence-corrected chi connectivity index (χ2v) is 4.59. The van der Waals surface area contributed by atoms with Gasteiger partial charge in [-0.1, -0.05) is 12.1 Å². The molecule has 7 nitrogen and oxygen atoms in total. The first-order valence-electron chi connectivity index (χ1n) is 6.30. The van der Waals surface area contributed by atoms with Gasteiger partial charge in [0.25, 0.3) is 0 Å². The summed E-state index contributed by atoms with van der Waals surface area (Å²) in [5.74, 6) is -1.44.